The summed E-state index contributed by atoms with van der Waals surface area (Å²) in [5, 5.41) is 2.18. The van der Waals surface area contributed by atoms with Crippen molar-refractivity contribution in [3.8, 4) is 0 Å². The third-order valence-electron chi connectivity index (χ3n) is 3.82. The lowest BCUT2D eigenvalue weighted by molar-refractivity contribution is 0.176. The van der Waals surface area contributed by atoms with Crippen molar-refractivity contribution < 1.29 is 13.0 Å². The van der Waals surface area contributed by atoms with Crippen molar-refractivity contribution in [2.75, 3.05) is 14.2 Å². The van der Waals surface area contributed by atoms with Crippen LogP contribution in [-0.2, 0) is 13.0 Å². The maximum Gasteiger partial charge on any atom is 0.518 e. The van der Waals surface area contributed by atoms with Gasteiger partial charge in [-0.25, -0.2) is 0 Å². The largest absolute Gasteiger partial charge is 0.518 e. The van der Waals surface area contributed by atoms with Gasteiger partial charge in [-0.05, 0) is 16.1 Å². The highest BCUT2D eigenvalue weighted by Crippen LogP contribution is 2.18. The van der Waals surface area contributed by atoms with Crippen molar-refractivity contribution in [2.24, 2.45) is 0 Å². The molecule has 0 aliphatic rings. The smallest absolute Gasteiger partial charge is 0.401 e. The fourth-order valence-electron chi connectivity index (χ4n) is 2.53. The zero-order chi connectivity index (χ0) is 16.8. The van der Waals surface area contributed by atoms with Crippen LogP contribution in [0.5, 0.6) is 0 Å². The molecule has 0 spiro atoms. The minimum atomic E-state index is -2.98. The first-order chi connectivity index (χ1) is 11.2. The maximum absolute atomic E-state index is 6.59. The molecule has 0 aromatic heterocycles. The molecule has 0 saturated heterocycles. The minimum absolute atomic E-state index is 1.09. The lowest BCUT2D eigenvalue weighted by Crippen LogP contribution is -2.66. The van der Waals surface area contributed by atoms with Crippen molar-refractivity contribution in [1.29, 1.82) is 0 Å². The van der Waals surface area contributed by atoms with Gasteiger partial charge in [0, 0.05) is 14.2 Å². The Morgan fingerprint density at radius 2 is 1.17 bits per heavy atom. The molecule has 2 aromatic carbocycles. The van der Waals surface area contributed by atoms with Gasteiger partial charge in [0.2, 0.25) is 0 Å². The topological polar surface area (TPSA) is 27.7 Å². The Morgan fingerprint density at radius 3 is 1.48 bits per heavy atom. The molecular formula is C18H22O3Si2. The average molecular weight is 343 g/mol. The highest BCUT2D eigenvalue weighted by Gasteiger charge is 2.48. The first kappa shape index (κ1) is 17.6. The van der Waals surface area contributed by atoms with E-state index in [4.69, 9.17) is 13.0 Å². The van der Waals surface area contributed by atoms with Gasteiger partial charge in [-0.15, -0.1) is 6.58 Å². The van der Waals surface area contributed by atoms with Gasteiger partial charge in [0.1, 0.15) is 0 Å². The molecule has 0 amide bonds. The van der Waals surface area contributed by atoms with Crippen molar-refractivity contribution >= 4 is 27.5 Å². The van der Waals surface area contributed by atoms with Gasteiger partial charge < -0.3 is 13.0 Å². The van der Waals surface area contributed by atoms with Crippen molar-refractivity contribution in [2.45, 2.75) is 0 Å². The normalized spacial score (nSPS) is 11.9. The van der Waals surface area contributed by atoms with Crippen LogP contribution in [0.15, 0.2) is 85.2 Å². The Labute approximate surface area is 140 Å². The summed E-state index contributed by atoms with van der Waals surface area (Å²) in [6.45, 7) is 7.94. The summed E-state index contributed by atoms with van der Waals surface area (Å²) < 4.78 is 17.8. The van der Waals surface area contributed by atoms with E-state index in [1.807, 2.05) is 42.1 Å². The highest BCUT2D eigenvalue weighted by atomic mass is 28.5. The van der Waals surface area contributed by atoms with E-state index < -0.39 is 17.1 Å². The summed E-state index contributed by atoms with van der Waals surface area (Å²) in [5.41, 5.74) is 3.57. The lowest BCUT2D eigenvalue weighted by atomic mass is 10.4. The predicted octanol–water partition coefficient (Wildman–Crippen LogP) is 2.45. The molecule has 0 aliphatic heterocycles. The SMILES string of the molecule is C=C[Si](OC)(OC)O[Si](C=C)(c1ccccc1)c1ccccc1. The molecule has 0 radical (unpaired) electrons. The Morgan fingerprint density at radius 1 is 0.739 bits per heavy atom. The molecule has 5 heteroatoms. The fourth-order valence-corrected chi connectivity index (χ4v) is 9.28. The van der Waals surface area contributed by atoms with Gasteiger partial charge in [-0.1, -0.05) is 72.9 Å². The van der Waals surface area contributed by atoms with E-state index in [1.165, 1.54) is 0 Å². The van der Waals surface area contributed by atoms with E-state index in [9.17, 15) is 0 Å². The predicted molar refractivity (Wildman–Crippen MR) is 99.2 cm³/mol. The van der Waals surface area contributed by atoms with Crippen LogP contribution in [0, 0.1) is 0 Å². The molecule has 2 aromatic rings. The van der Waals surface area contributed by atoms with Crippen LogP contribution in [0.2, 0.25) is 0 Å². The summed E-state index contributed by atoms with van der Waals surface area (Å²) in [6, 6.07) is 20.2. The van der Waals surface area contributed by atoms with Gasteiger partial charge >= 0.3 is 8.80 Å². The van der Waals surface area contributed by atoms with Crippen LogP contribution in [0.4, 0.5) is 0 Å². The molecule has 3 nitrogen and oxygen atoms in total. The Balaban J connectivity index is 2.64. The molecule has 120 valence electrons. The summed E-state index contributed by atoms with van der Waals surface area (Å²) in [7, 11) is -2.51. The van der Waals surface area contributed by atoms with Crippen LogP contribution in [0.25, 0.3) is 0 Å². The maximum atomic E-state index is 6.59. The third-order valence-corrected chi connectivity index (χ3v) is 10.8. The van der Waals surface area contributed by atoms with Crippen LogP contribution in [0.3, 0.4) is 0 Å². The second-order valence-corrected chi connectivity index (χ2v) is 11.3. The summed E-state index contributed by atoms with van der Waals surface area (Å²) in [5.74, 6) is 0. The zero-order valence-electron chi connectivity index (χ0n) is 13.6. The molecule has 0 unspecified atom stereocenters. The van der Waals surface area contributed by atoms with Gasteiger partial charge in [0.25, 0.3) is 8.32 Å². The van der Waals surface area contributed by atoms with E-state index in [1.54, 1.807) is 19.9 Å². The molecule has 0 aliphatic carbocycles. The summed E-state index contributed by atoms with van der Waals surface area (Å²) >= 11 is 0. The van der Waals surface area contributed by atoms with E-state index >= 15 is 0 Å². The first-order valence-electron chi connectivity index (χ1n) is 7.35. The molecule has 0 bridgehead atoms. The van der Waals surface area contributed by atoms with E-state index in [0.717, 1.165) is 10.4 Å². The summed E-state index contributed by atoms with van der Waals surface area (Å²) in [6.07, 6.45) is 0. The summed E-state index contributed by atoms with van der Waals surface area (Å²) in [4.78, 5) is 0. The van der Waals surface area contributed by atoms with Gasteiger partial charge in [-0.2, -0.15) is 0 Å². The van der Waals surface area contributed by atoms with Crippen molar-refractivity contribution in [3.63, 3.8) is 0 Å². The minimum Gasteiger partial charge on any atom is -0.401 e. The number of rotatable bonds is 8. The molecule has 2 rings (SSSR count). The second-order valence-electron chi connectivity index (χ2n) is 4.99. The molecule has 0 fully saturated rings. The molecule has 0 N–H and O–H groups in total. The standard InChI is InChI=1S/C18H22O3Si2/c1-5-22(17-13-9-7-10-14-17,18-15-11-8-12-16-18)21-23(6-2,19-3)20-4/h5-16H,1-2H2,3-4H3. The number of hydrogen-bond acceptors (Lipinski definition) is 3. The Kier molecular flexibility index (Phi) is 5.87. The Hall–Kier alpha value is -1.77. The Bertz CT molecular complexity index is 600. The first-order valence-corrected chi connectivity index (χ1v) is 11.1. The van der Waals surface area contributed by atoms with Crippen molar-refractivity contribution in [1.82, 2.24) is 0 Å². The molecule has 0 atom stereocenters. The van der Waals surface area contributed by atoms with Gasteiger partial charge in [0.15, 0.2) is 0 Å². The van der Waals surface area contributed by atoms with E-state index in [2.05, 4.69) is 37.4 Å². The van der Waals surface area contributed by atoms with Crippen LogP contribution < -0.4 is 10.4 Å². The van der Waals surface area contributed by atoms with Gasteiger partial charge in [0.05, 0.1) is 0 Å². The molecule has 23 heavy (non-hydrogen) atoms. The number of hydrogen-bond donors (Lipinski definition) is 0. The molecule has 0 saturated carbocycles. The van der Waals surface area contributed by atoms with Crippen LogP contribution in [0.1, 0.15) is 0 Å². The second kappa shape index (κ2) is 7.67. The highest BCUT2D eigenvalue weighted by molar-refractivity contribution is 7.05. The number of benzene rings is 2. The van der Waals surface area contributed by atoms with E-state index in [-0.39, 0.29) is 0 Å². The van der Waals surface area contributed by atoms with Crippen LogP contribution >= 0.6 is 0 Å². The van der Waals surface area contributed by atoms with E-state index in [0.29, 0.717) is 0 Å². The molecular weight excluding hydrogens is 320 g/mol. The average Bonchev–Trinajstić information content (AvgIpc) is 2.65. The quantitative estimate of drug-likeness (QED) is 0.690. The monoisotopic (exact) mass is 342 g/mol. The lowest BCUT2D eigenvalue weighted by Gasteiger charge is -2.36. The van der Waals surface area contributed by atoms with Crippen LogP contribution in [-0.4, -0.2) is 31.3 Å². The van der Waals surface area contributed by atoms with Gasteiger partial charge in [-0.3, -0.25) is 0 Å². The van der Waals surface area contributed by atoms with Crippen molar-refractivity contribution in [3.05, 3.63) is 85.2 Å². The third kappa shape index (κ3) is 3.44. The zero-order valence-corrected chi connectivity index (χ0v) is 15.6. The molecule has 0 heterocycles. The fraction of sp³-hybridized carbons (Fsp3) is 0.111.